The zero-order valence-electron chi connectivity index (χ0n) is 8.44. The highest BCUT2D eigenvalue weighted by Gasteiger charge is 2.10. The average molecular weight is 269 g/mol. The molecule has 0 fully saturated rings. The molecule has 0 unspecified atom stereocenters. The van der Waals surface area contributed by atoms with Gasteiger partial charge in [0.25, 0.3) is 0 Å². The minimum atomic E-state index is -0.208. The third-order valence-electron chi connectivity index (χ3n) is 2.32. The first kappa shape index (κ1) is 10.4. The van der Waals surface area contributed by atoms with Crippen LogP contribution in [0.3, 0.4) is 0 Å². The molecule has 4 heteroatoms. The second kappa shape index (κ2) is 3.77. The van der Waals surface area contributed by atoms with Gasteiger partial charge in [0.15, 0.2) is 0 Å². The van der Waals surface area contributed by atoms with Gasteiger partial charge in [0, 0.05) is 11.3 Å². The van der Waals surface area contributed by atoms with E-state index in [4.69, 9.17) is 0 Å². The molecule has 0 aliphatic heterocycles. The number of hydrogen-bond acceptors (Lipinski definition) is 1. The van der Waals surface area contributed by atoms with Crippen LogP contribution in [0.1, 0.15) is 11.3 Å². The van der Waals surface area contributed by atoms with Gasteiger partial charge in [-0.2, -0.15) is 5.10 Å². The molecule has 0 aliphatic carbocycles. The van der Waals surface area contributed by atoms with Crippen LogP contribution in [0.2, 0.25) is 0 Å². The highest BCUT2D eigenvalue weighted by Crippen LogP contribution is 2.29. The highest BCUT2D eigenvalue weighted by atomic mass is 79.9. The van der Waals surface area contributed by atoms with E-state index >= 15 is 0 Å². The lowest BCUT2D eigenvalue weighted by Gasteiger charge is -2.00. The van der Waals surface area contributed by atoms with Gasteiger partial charge >= 0.3 is 0 Å². The second-order valence-corrected chi connectivity index (χ2v) is 4.27. The SMILES string of the molecule is Cc1ccc(-c2n[nH]c(C)c2Br)cc1F. The summed E-state index contributed by atoms with van der Waals surface area (Å²) in [6.45, 7) is 3.65. The maximum atomic E-state index is 13.4. The van der Waals surface area contributed by atoms with Gasteiger partial charge < -0.3 is 0 Å². The van der Waals surface area contributed by atoms with Crippen molar-refractivity contribution in [2.24, 2.45) is 0 Å². The minimum absolute atomic E-state index is 0.208. The predicted octanol–water partition coefficient (Wildman–Crippen LogP) is 3.60. The third-order valence-corrected chi connectivity index (χ3v) is 3.29. The molecule has 2 nitrogen and oxygen atoms in total. The maximum absolute atomic E-state index is 13.4. The largest absolute Gasteiger partial charge is 0.281 e. The summed E-state index contributed by atoms with van der Waals surface area (Å²) in [6, 6.07) is 5.11. The Balaban J connectivity index is 2.55. The van der Waals surface area contributed by atoms with E-state index in [0.29, 0.717) is 5.56 Å². The fourth-order valence-electron chi connectivity index (χ4n) is 1.35. The average Bonchev–Trinajstić information content (AvgIpc) is 2.53. The first-order valence-corrected chi connectivity index (χ1v) is 5.36. The van der Waals surface area contributed by atoms with Crippen molar-refractivity contribution in [2.75, 3.05) is 0 Å². The van der Waals surface area contributed by atoms with E-state index in [2.05, 4.69) is 26.1 Å². The second-order valence-electron chi connectivity index (χ2n) is 3.48. The summed E-state index contributed by atoms with van der Waals surface area (Å²) in [5, 5.41) is 6.97. The molecule has 0 aliphatic rings. The molecular weight excluding hydrogens is 259 g/mol. The van der Waals surface area contributed by atoms with Crippen LogP contribution in [-0.2, 0) is 0 Å². The number of benzene rings is 1. The van der Waals surface area contributed by atoms with E-state index in [1.165, 1.54) is 6.07 Å². The Bertz CT molecular complexity index is 505. The van der Waals surface area contributed by atoms with Crippen LogP contribution in [0.25, 0.3) is 11.3 Å². The van der Waals surface area contributed by atoms with Crippen LogP contribution in [0.5, 0.6) is 0 Å². The molecule has 0 bridgehead atoms. The van der Waals surface area contributed by atoms with Crippen molar-refractivity contribution >= 4 is 15.9 Å². The van der Waals surface area contributed by atoms with Gasteiger partial charge in [0.1, 0.15) is 11.5 Å². The molecule has 1 heterocycles. The van der Waals surface area contributed by atoms with Gasteiger partial charge in [0.2, 0.25) is 0 Å². The van der Waals surface area contributed by atoms with E-state index in [9.17, 15) is 4.39 Å². The number of halogens is 2. The number of rotatable bonds is 1. The Morgan fingerprint density at radius 2 is 2.07 bits per heavy atom. The number of nitrogens with zero attached hydrogens (tertiary/aromatic N) is 1. The van der Waals surface area contributed by atoms with Crippen LogP contribution in [0, 0.1) is 19.7 Å². The molecule has 1 N–H and O–H groups in total. The minimum Gasteiger partial charge on any atom is -0.281 e. The van der Waals surface area contributed by atoms with Gasteiger partial charge in [-0.05, 0) is 41.4 Å². The van der Waals surface area contributed by atoms with E-state index in [-0.39, 0.29) is 5.82 Å². The maximum Gasteiger partial charge on any atom is 0.126 e. The van der Waals surface area contributed by atoms with E-state index in [0.717, 1.165) is 21.4 Å². The molecule has 1 aromatic heterocycles. The lowest BCUT2D eigenvalue weighted by molar-refractivity contribution is 0.619. The standard InChI is InChI=1S/C11H10BrFN2/c1-6-3-4-8(5-9(6)13)11-10(12)7(2)14-15-11/h3-5H,1-2H3,(H,14,15). The quantitative estimate of drug-likeness (QED) is 0.841. The summed E-state index contributed by atoms with van der Waals surface area (Å²) >= 11 is 3.41. The van der Waals surface area contributed by atoms with Crippen molar-refractivity contribution in [1.82, 2.24) is 10.2 Å². The molecule has 0 radical (unpaired) electrons. The van der Waals surface area contributed by atoms with Crippen LogP contribution in [0.4, 0.5) is 4.39 Å². The van der Waals surface area contributed by atoms with E-state index in [1.807, 2.05) is 13.0 Å². The zero-order valence-corrected chi connectivity index (χ0v) is 10.0. The summed E-state index contributed by atoms with van der Waals surface area (Å²) < 4.78 is 14.2. The topological polar surface area (TPSA) is 28.7 Å². The van der Waals surface area contributed by atoms with Crippen LogP contribution >= 0.6 is 15.9 Å². The van der Waals surface area contributed by atoms with Gasteiger partial charge in [0.05, 0.1) is 4.47 Å². The van der Waals surface area contributed by atoms with Gasteiger partial charge in [-0.3, -0.25) is 5.10 Å². The van der Waals surface area contributed by atoms with Gasteiger partial charge in [-0.15, -0.1) is 0 Å². The van der Waals surface area contributed by atoms with E-state index in [1.54, 1.807) is 13.0 Å². The van der Waals surface area contributed by atoms with Crippen molar-refractivity contribution in [2.45, 2.75) is 13.8 Å². The Hall–Kier alpha value is -1.16. The first-order valence-electron chi connectivity index (χ1n) is 4.56. The summed E-state index contributed by atoms with van der Waals surface area (Å²) in [5.74, 6) is -0.208. The Morgan fingerprint density at radius 3 is 2.60 bits per heavy atom. The smallest absolute Gasteiger partial charge is 0.126 e. The molecule has 2 aromatic rings. The molecule has 0 amide bonds. The van der Waals surface area contributed by atoms with Gasteiger partial charge in [-0.1, -0.05) is 12.1 Å². The van der Waals surface area contributed by atoms with Crippen LogP contribution < -0.4 is 0 Å². The number of hydrogen-bond donors (Lipinski definition) is 1. The lowest BCUT2D eigenvalue weighted by Crippen LogP contribution is -1.85. The normalized spacial score (nSPS) is 10.7. The van der Waals surface area contributed by atoms with Crippen molar-refractivity contribution < 1.29 is 4.39 Å². The zero-order chi connectivity index (χ0) is 11.0. The fourth-order valence-corrected chi connectivity index (χ4v) is 1.75. The molecule has 78 valence electrons. The summed E-state index contributed by atoms with van der Waals surface area (Å²) in [7, 11) is 0. The first-order chi connectivity index (χ1) is 7.09. The van der Waals surface area contributed by atoms with Crippen LogP contribution in [0.15, 0.2) is 22.7 Å². The molecule has 2 rings (SSSR count). The predicted molar refractivity (Wildman–Crippen MR) is 61.2 cm³/mol. The number of nitrogens with one attached hydrogen (secondary N) is 1. The van der Waals surface area contributed by atoms with Crippen molar-refractivity contribution in [3.8, 4) is 11.3 Å². The summed E-state index contributed by atoms with van der Waals surface area (Å²) in [5.41, 5.74) is 3.09. The Morgan fingerprint density at radius 1 is 1.33 bits per heavy atom. The molecule has 15 heavy (non-hydrogen) atoms. The Labute approximate surface area is 95.6 Å². The molecule has 0 atom stereocenters. The number of H-pyrrole nitrogens is 1. The number of aromatic amines is 1. The molecule has 1 aromatic carbocycles. The molecular formula is C11H10BrFN2. The molecule has 0 spiro atoms. The molecule has 0 saturated heterocycles. The number of aromatic nitrogens is 2. The highest BCUT2D eigenvalue weighted by molar-refractivity contribution is 9.10. The van der Waals surface area contributed by atoms with Gasteiger partial charge in [-0.25, -0.2) is 4.39 Å². The number of aryl methyl sites for hydroxylation is 2. The van der Waals surface area contributed by atoms with Crippen LogP contribution in [-0.4, -0.2) is 10.2 Å². The van der Waals surface area contributed by atoms with Crippen molar-refractivity contribution in [1.29, 1.82) is 0 Å². The van der Waals surface area contributed by atoms with Crippen molar-refractivity contribution in [3.63, 3.8) is 0 Å². The third kappa shape index (κ3) is 1.81. The Kier molecular flexibility index (Phi) is 2.61. The van der Waals surface area contributed by atoms with Crippen molar-refractivity contribution in [3.05, 3.63) is 39.7 Å². The van der Waals surface area contributed by atoms with E-state index < -0.39 is 0 Å². The summed E-state index contributed by atoms with van der Waals surface area (Å²) in [6.07, 6.45) is 0. The molecule has 0 saturated carbocycles. The summed E-state index contributed by atoms with van der Waals surface area (Å²) in [4.78, 5) is 0. The lowest BCUT2D eigenvalue weighted by atomic mass is 10.1. The monoisotopic (exact) mass is 268 g/mol. The fraction of sp³-hybridized carbons (Fsp3) is 0.182.